The Kier molecular flexibility index (Phi) is 9.49. The molecule has 0 aromatic carbocycles. The van der Waals surface area contributed by atoms with E-state index in [1.54, 1.807) is 20.8 Å². The number of halogens is 2. The predicted octanol–water partition coefficient (Wildman–Crippen LogP) is 6.54. The first kappa shape index (κ1) is 24.6. The molecular weight excluding hydrogens is 503 g/mol. The SMILES string of the molecule is CCOC(=O)/C=C(\c1oc(C(C)(C)C)cc1C(Br)Br)P(=O)(OCC)OCC. The van der Waals surface area contributed by atoms with Crippen LogP contribution >= 0.6 is 39.5 Å². The van der Waals surface area contributed by atoms with E-state index < -0.39 is 13.6 Å². The largest absolute Gasteiger partial charge is 0.463 e. The number of ether oxygens (including phenoxy) is 1. The molecule has 6 nitrogen and oxygen atoms in total. The third kappa shape index (κ3) is 6.57. The maximum atomic E-state index is 13.5. The first-order chi connectivity index (χ1) is 12.5. The topological polar surface area (TPSA) is 75.0 Å². The van der Waals surface area contributed by atoms with Crippen molar-refractivity contribution in [2.24, 2.45) is 0 Å². The van der Waals surface area contributed by atoms with E-state index in [4.69, 9.17) is 18.2 Å². The lowest BCUT2D eigenvalue weighted by Crippen LogP contribution is -2.09. The molecule has 0 aliphatic heterocycles. The summed E-state index contributed by atoms with van der Waals surface area (Å²) in [7, 11) is -3.81. The van der Waals surface area contributed by atoms with E-state index in [0.29, 0.717) is 11.3 Å². The van der Waals surface area contributed by atoms with Gasteiger partial charge in [-0.2, -0.15) is 0 Å². The summed E-state index contributed by atoms with van der Waals surface area (Å²) < 4.78 is 35.2. The summed E-state index contributed by atoms with van der Waals surface area (Å²) in [6.45, 7) is 11.6. The Labute approximate surface area is 177 Å². The van der Waals surface area contributed by atoms with Crippen LogP contribution in [-0.2, 0) is 28.6 Å². The maximum absolute atomic E-state index is 13.5. The molecule has 1 heterocycles. The van der Waals surface area contributed by atoms with Crippen LogP contribution in [0.2, 0.25) is 0 Å². The molecule has 154 valence electrons. The van der Waals surface area contributed by atoms with Crippen molar-refractivity contribution in [3.8, 4) is 0 Å². The molecule has 0 atom stereocenters. The summed E-state index contributed by atoms with van der Waals surface area (Å²) in [5.74, 6) is 0.287. The standard InChI is InChI=1S/C18H27Br2O6P/c1-7-23-15(21)11-13(27(22,24-8-2)25-9-3)16-12(17(19)20)10-14(26-16)18(4,5)6/h10-11,17H,7-9H2,1-6H3/b13-11+. The molecule has 0 N–H and O–H groups in total. The van der Waals surface area contributed by atoms with Crippen molar-refractivity contribution in [3.05, 3.63) is 29.2 Å². The van der Waals surface area contributed by atoms with Gasteiger partial charge in [0.05, 0.1) is 23.6 Å². The number of rotatable bonds is 9. The molecule has 0 bridgehead atoms. The van der Waals surface area contributed by atoms with Gasteiger partial charge in [0.15, 0.2) is 0 Å². The quantitative estimate of drug-likeness (QED) is 0.156. The number of carbonyl (C=O) groups is 1. The number of esters is 1. The van der Waals surface area contributed by atoms with Crippen LogP contribution < -0.4 is 0 Å². The molecule has 1 aromatic rings. The lowest BCUT2D eigenvalue weighted by Gasteiger charge is -2.20. The summed E-state index contributed by atoms with van der Waals surface area (Å²) in [5.41, 5.74) is 0.383. The minimum absolute atomic E-state index is 0.0408. The van der Waals surface area contributed by atoms with Gasteiger partial charge in [-0.3, -0.25) is 4.57 Å². The molecule has 0 aliphatic rings. The van der Waals surface area contributed by atoms with E-state index in [9.17, 15) is 9.36 Å². The highest BCUT2D eigenvalue weighted by molar-refractivity contribution is 9.24. The smallest absolute Gasteiger partial charge is 0.365 e. The summed E-state index contributed by atoms with van der Waals surface area (Å²) in [4.78, 5) is 12.2. The first-order valence-corrected chi connectivity index (χ1v) is 12.1. The van der Waals surface area contributed by atoms with Crippen molar-refractivity contribution < 1.29 is 27.6 Å². The average molecular weight is 530 g/mol. The number of hydrogen-bond acceptors (Lipinski definition) is 6. The Morgan fingerprint density at radius 3 is 2.15 bits per heavy atom. The van der Waals surface area contributed by atoms with Crippen molar-refractivity contribution in [1.82, 2.24) is 0 Å². The van der Waals surface area contributed by atoms with Gasteiger partial charge in [-0.15, -0.1) is 0 Å². The van der Waals surface area contributed by atoms with Gasteiger partial charge in [0.2, 0.25) is 0 Å². The second-order valence-corrected chi connectivity index (χ2v) is 11.6. The van der Waals surface area contributed by atoms with Gasteiger partial charge in [-0.05, 0) is 26.8 Å². The van der Waals surface area contributed by atoms with E-state index in [-0.39, 0.29) is 40.0 Å². The predicted molar refractivity (Wildman–Crippen MR) is 113 cm³/mol. The van der Waals surface area contributed by atoms with Crippen LogP contribution in [-0.4, -0.2) is 25.8 Å². The molecule has 27 heavy (non-hydrogen) atoms. The van der Waals surface area contributed by atoms with Crippen molar-refractivity contribution in [3.63, 3.8) is 0 Å². The molecular formula is C18H27Br2O6P. The second-order valence-electron chi connectivity index (χ2n) is 6.56. The zero-order valence-electron chi connectivity index (χ0n) is 16.5. The minimum atomic E-state index is -3.81. The Morgan fingerprint density at radius 2 is 1.74 bits per heavy atom. The third-order valence-electron chi connectivity index (χ3n) is 3.40. The van der Waals surface area contributed by atoms with Gasteiger partial charge < -0.3 is 18.2 Å². The molecule has 0 spiro atoms. The fourth-order valence-corrected chi connectivity index (χ4v) is 4.62. The Morgan fingerprint density at radius 1 is 1.19 bits per heavy atom. The Hall–Kier alpha value is -0.400. The summed E-state index contributed by atoms with van der Waals surface area (Å²) in [6.07, 6.45) is 1.13. The molecule has 0 unspecified atom stereocenters. The van der Waals surface area contributed by atoms with Crippen LogP contribution in [0, 0.1) is 0 Å². The first-order valence-electron chi connectivity index (χ1n) is 8.70. The fraction of sp³-hybridized carbons (Fsp3) is 0.611. The fourth-order valence-electron chi connectivity index (χ4n) is 2.22. The molecule has 0 fully saturated rings. The molecule has 0 radical (unpaired) electrons. The lowest BCUT2D eigenvalue weighted by atomic mass is 9.93. The van der Waals surface area contributed by atoms with Gasteiger partial charge in [0, 0.05) is 17.1 Å². The van der Waals surface area contributed by atoms with Crippen molar-refractivity contribution >= 4 is 50.7 Å². The highest BCUT2D eigenvalue weighted by atomic mass is 79.9. The normalized spacial score (nSPS) is 13.3. The Bertz CT molecular complexity index is 708. The van der Waals surface area contributed by atoms with E-state index in [1.165, 1.54) is 0 Å². The zero-order chi connectivity index (χ0) is 20.8. The molecule has 9 heteroatoms. The highest BCUT2D eigenvalue weighted by Crippen LogP contribution is 2.62. The van der Waals surface area contributed by atoms with Crippen LogP contribution in [0.5, 0.6) is 0 Å². The molecule has 0 amide bonds. The van der Waals surface area contributed by atoms with Gasteiger partial charge >= 0.3 is 13.6 Å². The van der Waals surface area contributed by atoms with E-state index >= 15 is 0 Å². The van der Waals surface area contributed by atoms with Crippen LogP contribution in [0.4, 0.5) is 0 Å². The monoisotopic (exact) mass is 528 g/mol. The van der Waals surface area contributed by atoms with Crippen molar-refractivity contribution in [2.45, 2.75) is 50.7 Å². The van der Waals surface area contributed by atoms with Crippen molar-refractivity contribution in [2.75, 3.05) is 19.8 Å². The van der Waals surface area contributed by atoms with Crippen LogP contribution in [0.15, 0.2) is 16.6 Å². The molecule has 0 aliphatic carbocycles. The van der Waals surface area contributed by atoms with Gasteiger partial charge in [0.25, 0.3) is 0 Å². The average Bonchev–Trinajstić information content (AvgIpc) is 2.98. The molecule has 0 saturated heterocycles. The molecule has 1 rings (SSSR count). The Balaban J connectivity index is 3.72. The second kappa shape index (κ2) is 10.4. The van der Waals surface area contributed by atoms with Gasteiger partial charge in [0.1, 0.15) is 16.8 Å². The zero-order valence-corrected chi connectivity index (χ0v) is 20.6. The van der Waals surface area contributed by atoms with Crippen molar-refractivity contribution in [1.29, 1.82) is 0 Å². The van der Waals surface area contributed by atoms with Crippen LogP contribution in [0.1, 0.15) is 62.4 Å². The molecule has 1 aromatic heterocycles. The lowest BCUT2D eigenvalue weighted by molar-refractivity contribution is -0.137. The maximum Gasteiger partial charge on any atom is 0.365 e. The third-order valence-corrected chi connectivity index (χ3v) is 6.51. The van der Waals surface area contributed by atoms with Gasteiger partial charge in [-0.25, -0.2) is 4.79 Å². The molecule has 0 saturated carbocycles. The summed E-state index contributed by atoms with van der Waals surface area (Å²) in [6, 6.07) is 1.85. The van der Waals surface area contributed by atoms with Crippen LogP contribution in [0.25, 0.3) is 5.31 Å². The van der Waals surface area contributed by atoms with E-state index in [1.807, 2.05) is 26.8 Å². The number of alkyl halides is 2. The highest BCUT2D eigenvalue weighted by Gasteiger charge is 2.37. The van der Waals surface area contributed by atoms with E-state index in [2.05, 4.69) is 31.9 Å². The van der Waals surface area contributed by atoms with E-state index in [0.717, 1.165) is 6.08 Å². The minimum Gasteiger partial charge on any atom is -0.463 e. The van der Waals surface area contributed by atoms with Crippen LogP contribution in [0.3, 0.4) is 0 Å². The van der Waals surface area contributed by atoms with Gasteiger partial charge in [-0.1, -0.05) is 52.6 Å². The summed E-state index contributed by atoms with van der Waals surface area (Å²) >= 11 is 6.93. The number of furan rings is 1. The summed E-state index contributed by atoms with van der Waals surface area (Å²) in [5, 5.41) is 0.0408. The number of hydrogen-bond donors (Lipinski definition) is 0. The number of carbonyl (C=O) groups excluding carboxylic acids is 1.